The second kappa shape index (κ2) is 7.94. The van der Waals surface area contributed by atoms with Crippen LogP contribution in [0.1, 0.15) is 16.8 Å². The first-order valence-electron chi connectivity index (χ1n) is 9.42. The first kappa shape index (κ1) is 19.0. The van der Waals surface area contributed by atoms with Gasteiger partial charge in [0.2, 0.25) is 16.0 Å². The van der Waals surface area contributed by atoms with Gasteiger partial charge in [-0.2, -0.15) is 4.31 Å². The molecule has 1 aromatic heterocycles. The Morgan fingerprint density at radius 2 is 1.64 bits per heavy atom. The molecule has 2 aromatic rings. The number of fused-ring (bicyclic) bond motifs is 1. The number of anilines is 1. The number of nitrogens with zero attached hydrogens (tertiary/aromatic N) is 5. The Hall–Kier alpha value is -2.36. The summed E-state index contributed by atoms with van der Waals surface area (Å²) in [7, 11) is -3.59. The van der Waals surface area contributed by atoms with Crippen molar-refractivity contribution in [3.63, 3.8) is 0 Å². The van der Waals surface area contributed by atoms with Gasteiger partial charge in [0.1, 0.15) is 0 Å². The molecule has 0 unspecified atom stereocenters. The number of carbonyl (C=O) groups excluding carboxylic acids is 1. The van der Waals surface area contributed by atoms with Gasteiger partial charge in [-0.1, -0.05) is 12.1 Å². The average molecular weight is 401 g/mol. The lowest BCUT2D eigenvalue weighted by Crippen LogP contribution is -2.48. The fourth-order valence-electron chi connectivity index (χ4n) is 3.69. The van der Waals surface area contributed by atoms with E-state index in [2.05, 4.69) is 19.8 Å². The first-order chi connectivity index (χ1) is 13.6. The number of carbonyl (C=O) groups is 1. The van der Waals surface area contributed by atoms with Gasteiger partial charge in [-0.15, -0.1) is 0 Å². The van der Waals surface area contributed by atoms with Crippen molar-refractivity contribution in [1.29, 1.82) is 0 Å². The van der Waals surface area contributed by atoms with Crippen LogP contribution in [-0.2, 0) is 10.0 Å². The molecule has 0 aliphatic carbocycles. The number of aromatic nitrogens is 2. The van der Waals surface area contributed by atoms with Gasteiger partial charge in [0.05, 0.1) is 11.4 Å². The van der Waals surface area contributed by atoms with E-state index in [-0.39, 0.29) is 17.2 Å². The molecule has 28 heavy (non-hydrogen) atoms. The maximum absolute atomic E-state index is 12.8. The summed E-state index contributed by atoms with van der Waals surface area (Å²) in [4.78, 5) is 25.4. The zero-order valence-electron chi connectivity index (χ0n) is 15.6. The molecular weight excluding hydrogens is 378 g/mol. The van der Waals surface area contributed by atoms with Gasteiger partial charge in [-0.3, -0.25) is 9.69 Å². The number of piperazine rings is 1. The molecule has 2 aliphatic rings. The van der Waals surface area contributed by atoms with Crippen molar-refractivity contribution < 1.29 is 13.2 Å². The van der Waals surface area contributed by atoms with Gasteiger partial charge in [-0.25, -0.2) is 18.4 Å². The molecule has 3 heterocycles. The van der Waals surface area contributed by atoms with Crippen molar-refractivity contribution in [1.82, 2.24) is 19.2 Å². The topological polar surface area (TPSA) is 86.7 Å². The summed E-state index contributed by atoms with van der Waals surface area (Å²) in [5.74, 6) is 0.612. The summed E-state index contributed by atoms with van der Waals surface area (Å²) in [5.41, 5.74) is 0.304. The Bertz CT molecular complexity index is 943. The quantitative estimate of drug-likeness (QED) is 0.735. The normalized spacial score (nSPS) is 20.1. The molecule has 4 rings (SSSR count). The molecule has 0 N–H and O–H groups in total. The molecule has 0 amide bonds. The van der Waals surface area contributed by atoms with Crippen LogP contribution in [0.4, 0.5) is 5.95 Å². The predicted octanol–water partition coefficient (Wildman–Crippen LogP) is 0.876. The molecule has 9 heteroatoms. The van der Waals surface area contributed by atoms with E-state index in [1.807, 2.05) is 0 Å². The number of hydrogen-bond donors (Lipinski definition) is 0. The summed E-state index contributed by atoms with van der Waals surface area (Å²) >= 11 is 0. The molecule has 0 bridgehead atoms. The molecule has 0 spiro atoms. The van der Waals surface area contributed by atoms with E-state index in [0.717, 1.165) is 38.7 Å². The zero-order valence-corrected chi connectivity index (χ0v) is 16.4. The minimum Gasteiger partial charge on any atom is -0.338 e. The monoisotopic (exact) mass is 401 g/mol. The van der Waals surface area contributed by atoms with Crippen molar-refractivity contribution >= 4 is 21.8 Å². The van der Waals surface area contributed by atoms with E-state index in [1.165, 1.54) is 10.4 Å². The van der Waals surface area contributed by atoms with Crippen LogP contribution in [0.3, 0.4) is 0 Å². The lowest BCUT2D eigenvalue weighted by Gasteiger charge is -2.35. The molecule has 148 valence electrons. The smallest absolute Gasteiger partial charge is 0.244 e. The van der Waals surface area contributed by atoms with Crippen LogP contribution in [-0.4, -0.2) is 79.2 Å². The number of Topliss-reactive ketones (excluding diaryl/α,β-unsaturated/α-hetero) is 1. The second-order valence-electron chi connectivity index (χ2n) is 6.99. The van der Waals surface area contributed by atoms with Crippen LogP contribution >= 0.6 is 0 Å². The highest BCUT2D eigenvalue weighted by molar-refractivity contribution is 7.89. The summed E-state index contributed by atoms with van der Waals surface area (Å²) in [5, 5.41) is 0. The van der Waals surface area contributed by atoms with Crippen LogP contribution in [0.15, 0.2) is 47.6 Å². The lowest BCUT2D eigenvalue weighted by atomic mass is 10.1. The number of ketones is 1. The molecule has 0 radical (unpaired) electrons. The number of hydrogen-bond acceptors (Lipinski definition) is 7. The summed E-state index contributed by atoms with van der Waals surface area (Å²) in [6.45, 7) is 4.53. The van der Waals surface area contributed by atoms with Crippen molar-refractivity contribution in [2.24, 2.45) is 0 Å². The van der Waals surface area contributed by atoms with E-state index >= 15 is 0 Å². The Morgan fingerprint density at radius 3 is 2.39 bits per heavy atom. The summed E-state index contributed by atoms with van der Waals surface area (Å²) in [6, 6.07) is 8.25. The van der Waals surface area contributed by atoms with E-state index < -0.39 is 10.0 Å². The fraction of sp³-hybridized carbons (Fsp3) is 0.421. The van der Waals surface area contributed by atoms with Crippen molar-refractivity contribution in [2.45, 2.75) is 11.3 Å². The van der Waals surface area contributed by atoms with Crippen LogP contribution in [0.2, 0.25) is 0 Å². The highest BCUT2D eigenvalue weighted by atomic mass is 32.2. The minimum atomic E-state index is -3.59. The van der Waals surface area contributed by atoms with Gasteiger partial charge in [0, 0.05) is 50.7 Å². The van der Waals surface area contributed by atoms with Crippen LogP contribution < -0.4 is 4.90 Å². The second-order valence-corrected chi connectivity index (χ2v) is 8.90. The SMILES string of the molecule is O=C1CN(CCCN2CCN(c3ncccn3)CC2)S(=O)(=O)c2ccccc21. The Labute approximate surface area is 164 Å². The molecule has 1 saturated heterocycles. The van der Waals surface area contributed by atoms with Gasteiger partial charge >= 0.3 is 0 Å². The zero-order chi connectivity index (χ0) is 19.6. The van der Waals surface area contributed by atoms with Crippen molar-refractivity contribution in [2.75, 3.05) is 50.7 Å². The molecule has 1 fully saturated rings. The average Bonchev–Trinajstić information content (AvgIpc) is 2.73. The maximum Gasteiger partial charge on any atom is 0.244 e. The molecular formula is C19H23N5O3S. The van der Waals surface area contributed by atoms with Crippen LogP contribution in [0.5, 0.6) is 0 Å². The Kier molecular flexibility index (Phi) is 5.38. The largest absolute Gasteiger partial charge is 0.338 e. The van der Waals surface area contributed by atoms with E-state index in [9.17, 15) is 13.2 Å². The summed E-state index contributed by atoms with van der Waals surface area (Å²) < 4.78 is 26.9. The fourth-order valence-corrected chi connectivity index (χ4v) is 5.33. The molecule has 8 nitrogen and oxygen atoms in total. The third-order valence-corrected chi connectivity index (χ3v) is 7.12. The maximum atomic E-state index is 12.8. The summed E-state index contributed by atoms with van der Waals surface area (Å²) in [6.07, 6.45) is 4.18. The van der Waals surface area contributed by atoms with Crippen LogP contribution in [0, 0.1) is 0 Å². The Morgan fingerprint density at radius 1 is 0.929 bits per heavy atom. The number of rotatable bonds is 5. The van der Waals surface area contributed by atoms with Crippen molar-refractivity contribution in [3.05, 3.63) is 48.3 Å². The molecule has 0 saturated carbocycles. The van der Waals surface area contributed by atoms with E-state index in [1.54, 1.807) is 36.7 Å². The van der Waals surface area contributed by atoms with Gasteiger partial charge in [0.25, 0.3) is 0 Å². The standard InChI is InChI=1S/C19H23N5O3S/c25-17-15-24(28(26,27)18-6-2-1-5-16(17)18)10-4-9-22-11-13-23(14-12-22)19-20-7-3-8-21-19/h1-3,5-8H,4,9-15H2. The molecule has 0 atom stereocenters. The van der Waals surface area contributed by atoms with Gasteiger partial charge in [-0.05, 0) is 31.2 Å². The van der Waals surface area contributed by atoms with E-state index in [4.69, 9.17) is 0 Å². The Balaban J connectivity index is 1.30. The first-order valence-corrected chi connectivity index (χ1v) is 10.9. The molecule has 2 aliphatic heterocycles. The number of sulfonamides is 1. The highest BCUT2D eigenvalue weighted by Gasteiger charge is 2.35. The van der Waals surface area contributed by atoms with Gasteiger partial charge < -0.3 is 4.90 Å². The van der Waals surface area contributed by atoms with Crippen LogP contribution in [0.25, 0.3) is 0 Å². The third-order valence-electron chi connectivity index (χ3n) is 5.21. The minimum absolute atomic E-state index is 0.0710. The predicted molar refractivity (Wildman–Crippen MR) is 105 cm³/mol. The lowest BCUT2D eigenvalue weighted by molar-refractivity contribution is 0.0954. The van der Waals surface area contributed by atoms with Gasteiger partial charge in [0.15, 0.2) is 5.78 Å². The van der Waals surface area contributed by atoms with E-state index in [0.29, 0.717) is 18.5 Å². The van der Waals surface area contributed by atoms with Crippen molar-refractivity contribution in [3.8, 4) is 0 Å². The third kappa shape index (κ3) is 3.78. The molecule has 1 aromatic carbocycles. The number of benzene rings is 1. The highest BCUT2D eigenvalue weighted by Crippen LogP contribution is 2.26.